The Balaban J connectivity index is 2.33. The van der Waals surface area contributed by atoms with Gasteiger partial charge in [0.1, 0.15) is 0 Å². The maximum atomic E-state index is 3.78. The zero-order valence-electron chi connectivity index (χ0n) is 7.55. The summed E-state index contributed by atoms with van der Waals surface area (Å²) in [7, 11) is 0. The highest BCUT2D eigenvalue weighted by Gasteiger charge is 2.19. The molecule has 1 aliphatic rings. The second-order valence-electron chi connectivity index (χ2n) is 3.31. The summed E-state index contributed by atoms with van der Waals surface area (Å²) in [5, 5.41) is 0. The van der Waals surface area contributed by atoms with Gasteiger partial charge in [0.05, 0.1) is 0 Å². The molecule has 0 N–H and O–H groups in total. The van der Waals surface area contributed by atoms with Crippen LogP contribution in [0.1, 0.15) is 32.6 Å². The maximum Gasteiger partial charge on any atom is 0.0163 e. The minimum atomic E-state index is 0.859. The molecule has 0 unspecified atom stereocenters. The van der Waals surface area contributed by atoms with Crippen LogP contribution >= 0.6 is 0 Å². The number of rotatable bonds is 4. The van der Waals surface area contributed by atoms with E-state index in [0.717, 1.165) is 12.6 Å². The normalized spacial score (nSPS) is 19.5. The van der Waals surface area contributed by atoms with E-state index < -0.39 is 0 Å². The minimum Gasteiger partial charge on any atom is -0.297 e. The fraction of sp³-hybridized carbons (Fsp3) is 0.800. The lowest BCUT2D eigenvalue weighted by molar-refractivity contribution is 0.232. The molecule has 1 nitrogen and oxygen atoms in total. The summed E-state index contributed by atoms with van der Waals surface area (Å²) in [5.41, 5.74) is 0. The molecule has 0 aromatic rings. The van der Waals surface area contributed by atoms with Crippen molar-refractivity contribution in [3.8, 4) is 0 Å². The van der Waals surface area contributed by atoms with Crippen LogP contribution in [0, 0.1) is 0 Å². The van der Waals surface area contributed by atoms with E-state index in [1.165, 1.54) is 32.2 Å². The number of hydrogen-bond acceptors (Lipinski definition) is 1. The predicted octanol–water partition coefficient (Wildman–Crippen LogP) is 2.44. The van der Waals surface area contributed by atoms with Gasteiger partial charge in [-0.15, -0.1) is 6.58 Å². The lowest BCUT2D eigenvalue weighted by Gasteiger charge is -2.25. The van der Waals surface area contributed by atoms with E-state index in [2.05, 4.69) is 18.4 Å². The van der Waals surface area contributed by atoms with E-state index in [9.17, 15) is 0 Å². The molecule has 1 saturated carbocycles. The van der Waals surface area contributed by atoms with Gasteiger partial charge in [-0.3, -0.25) is 4.90 Å². The Morgan fingerprint density at radius 3 is 2.55 bits per heavy atom. The van der Waals surface area contributed by atoms with E-state index in [-0.39, 0.29) is 0 Å². The predicted molar refractivity (Wildman–Crippen MR) is 49.7 cm³/mol. The molecule has 0 aliphatic heterocycles. The van der Waals surface area contributed by atoms with Crippen LogP contribution in [0.3, 0.4) is 0 Å². The van der Waals surface area contributed by atoms with E-state index >= 15 is 0 Å². The third kappa shape index (κ3) is 2.33. The Labute approximate surface area is 70.1 Å². The topological polar surface area (TPSA) is 3.24 Å². The molecular weight excluding hydrogens is 134 g/mol. The van der Waals surface area contributed by atoms with Gasteiger partial charge in [-0.05, 0) is 19.4 Å². The van der Waals surface area contributed by atoms with Gasteiger partial charge in [-0.2, -0.15) is 0 Å². The van der Waals surface area contributed by atoms with Gasteiger partial charge in [0.25, 0.3) is 0 Å². The highest BCUT2D eigenvalue weighted by Crippen LogP contribution is 2.22. The fourth-order valence-electron chi connectivity index (χ4n) is 1.97. The van der Waals surface area contributed by atoms with Gasteiger partial charge in [-0.1, -0.05) is 25.8 Å². The molecule has 11 heavy (non-hydrogen) atoms. The highest BCUT2D eigenvalue weighted by molar-refractivity contribution is 4.81. The molecule has 0 radical (unpaired) electrons. The van der Waals surface area contributed by atoms with Gasteiger partial charge in [0.2, 0.25) is 0 Å². The molecule has 0 spiro atoms. The molecule has 1 fully saturated rings. The maximum absolute atomic E-state index is 3.78. The highest BCUT2D eigenvalue weighted by atomic mass is 15.1. The molecule has 1 aliphatic carbocycles. The Bertz CT molecular complexity index is 114. The molecule has 1 heteroatoms. The molecule has 64 valence electrons. The van der Waals surface area contributed by atoms with E-state index in [4.69, 9.17) is 0 Å². The van der Waals surface area contributed by atoms with Gasteiger partial charge >= 0.3 is 0 Å². The third-order valence-electron chi connectivity index (χ3n) is 2.61. The van der Waals surface area contributed by atoms with Crippen LogP contribution in [0.4, 0.5) is 0 Å². The fourth-order valence-corrected chi connectivity index (χ4v) is 1.97. The van der Waals surface area contributed by atoms with Crippen molar-refractivity contribution in [1.29, 1.82) is 0 Å². The van der Waals surface area contributed by atoms with Crippen molar-refractivity contribution in [2.75, 3.05) is 13.1 Å². The standard InChI is InChI=1S/C10H19N/c1-3-9-11(4-2)10-7-5-6-8-10/h3,10H,1,4-9H2,2H3. The van der Waals surface area contributed by atoms with Crippen molar-refractivity contribution in [2.45, 2.75) is 38.6 Å². The van der Waals surface area contributed by atoms with Crippen LogP contribution in [0.2, 0.25) is 0 Å². The summed E-state index contributed by atoms with van der Waals surface area (Å²) in [6.07, 6.45) is 7.68. The Morgan fingerprint density at radius 1 is 1.45 bits per heavy atom. The molecule has 0 bridgehead atoms. The summed E-state index contributed by atoms with van der Waals surface area (Å²) in [4.78, 5) is 2.53. The monoisotopic (exact) mass is 153 g/mol. The van der Waals surface area contributed by atoms with Crippen molar-refractivity contribution in [1.82, 2.24) is 4.90 Å². The summed E-state index contributed by atoms with van der Waals surface area (Å²) < 4.78 is 0. The molecule has 0 aromatic heterocycles. The number of likely N-dealkylation sites (N-methyl/N-ethyl adjacent to an activating group) is 1. The SMILES string of the molecule is C=CCN(CC)C1CCCC1. The largest absolute Gasteiger partial charge is 0.297 e. The second-order valence-corrected chi connectivity index (χ2v) is 3.31. The van der Waals surface area contributed by atoms with Gasteiger partial charge in [0.15, 0.2) is 0 Å². The zero-order valence-corrected chi connectivity index (χ0v) is 7.55. The van der Waals surface area contributed by atoms with Crippen LogP contribution in [0.15, 0.2) is 12.7 Å². The average molecular weight is 153 g/mol. The lowest BCUT2D eigenvalue weighted by atomic mass is 10.2. The van der Waals surface area contributed by atoms with Crippen LogP contribution in [-0.2, 0) is 0 Å². The minimum absolute atomic E-state index is 0.859. The van der Waals surface area contributed by atoms with Gasteiger partial charge < -0.3 is 0 Å². The molecule has 0 aromatic carbocycles. The van der Waals surface area contributed by atoms with Crippen molar-refractivity contribution < 1.29 is 0 Å². The molecule has 0 saturated heterocycles. The third-order valence-corrected chi connectivity index (χ3v) is 2.61. The first-order chi connectivity index (χ1) is 5.38. The number of nitrogens with zero attached hydrogens (tertiary/aromatic N) is 1. The van der Waals surface area contributed by atoms with Gasteiger partial charge in [-0.25, -0.2) is 0 Å². The second kappa shape index (κ2) is 4.55. The first kappa shape index (κ1) is 8.79. The summed E-state index contributed by atoms with van der Waals surface area (Å²) >= 11 is 0. The zero-order chi connectivity index (χ0) is 8.10. The van der Waals surface area contributed by atoms with Crippen LogP contribution in [-0.4, -0.2) is 24.0 Å². The quantitative estimate of drug-likeness (QED) is 0.561. The molecule has 0 amide bonds. The van der Waals surface area contributed by atoms with Crippen molar-refractivity contribution in [2.24, 2.45) is 0 Å². The Kier molecular flexibility index (Phi) is 3.64. The van der Waals surface area contributed by atoms with E-state index in [1.54, 1.807) is 0 Å². The van der Waals surface area contributed by atoms with Crippen LogP contribution < -0.4 is 0 Å². The van der Waals surface area contributed by atoms with Crippen molar-refractivity contribution in [3.05, 3.63) is 12.7 Å². The van der Waals surface area contributed by atoms with Crippen LogP contribution in [0.25, 0.3) is 0 Å². The van der Waals surface area contributed by atoms with Crippen molar-refractivity contribution in [3.63, 3.8) is 0 Å². The van der Waals surface area contributed by atoms with E-state index in [1.807, 2.05) is 6.08 Å². The lowest BCUT2D eigenvalue weighted by Crippen LogP contribution is -2.32. The smallest absolute Gasteiger partial charge is 0.0163 e. The summed E-state index contributed by atoms with van der Waals surface area (Å²) in [6.45, 7) is 8.26. The van der Waals surface area contributed by atoms with Crippen LogP contribution in [0.5, 0.6) is 0 Å². The van der Waals surface area contributed by atoms with Crippen molar-refractivity contribution >= 4 is 0 Å². The Morgan fingerprint density at radius 2 is 2.09 bits per heavy atom. The molecule has 0 heterocycles. The van der Waals surface area contributed by atoms with E-state index in [0.29, 0.717) is 0 Å². The molecular formula is C10H19N. The molecule has 1 rings (SSSR count). The first-order valence-electron chi connectivity index (χ1n) is 4.73. The summed E-state index contributed by atoms with van der Waals surface area (Å²) in [6, 6.07) is 0.859. The summed E-state index contributed by atoms with van der Waals surface area (Å²) in [5.74, 6) is 0. The number of hydrogen-bond donors (Lipinski definition) is 0. The average Bonchev–Trinajstić information content (AvgIpc) is 2.52. The molecule has 0 atom stereocenters. The Hall–Kier alpha value is -0.300. The van der Waals surface area contributed by atoms with Gasteiger partial charge in [0, 0.05) is 12.6 Å². The first-order valence-corrected chi connectivity index (χ1v) is 4.73.